The minimum atomic E-state index is -0.106. The number of urea groups is 1. The molecule has 2 rings (SSSR count). The van der Waals surface area contributed by atoms with Gasteiger partial charge >= 0.3 is 6.03 Å². The van der Waals surface area contributed by atoms with Gasteiger partial charge in [-0.25, -0.2) is 4.79 Å². The van der Waals surface area contributed by atoms with Crippen LogP contribution >= 0.6 is 11.3 Å². The second kappa shape index (κ2) is 8.36. The van der Waals surface area contributed by atoms with Gasteiger partial charge in [-0.05, 0) is 43.8 Å². The third-order valence-electron chi connectivity index (χ3n) is 3.96. The lowest BCUT2D eigenvalue weighted by Crippen LogP contribution is -2.44. The molecule has 0 radical (unpaired) electrons. The zero-order valence-electron chi connectivity index (χ0n) is 12.8. The van der Waals surface area contributed by atoms with Crippen LogP contribution in [-0.2, 0) is 4.74 Å². The number of amides is 2. The number of thiophene rings is 1. The zero-order chi connectivity index (χ0) is 15.1. The molecule has 1 aliphatic rings. The minimum Gasteiger partial charge on any atom is -0.383 e. The van der Waals surface area contributed by atoms with E-state index >= 15 is 0 Å². The molecule has 0 bridgehead atoms. The highest BCUT2D eigenvalue weighted by molar-refractivity contribution is 7.10. The van der Waals surface area contributed by atoms with Crippen molar-refractivity contribution in [2.45, 2.75) is 18.9 Å². The van der Waals surface area contributed by atoms with E-state index in [1.807, 2.05) is 0 Å². The number of methoxy groups -OCH3 is 1. The van der Waals surface area contributed by atoms with Crippen LogP contribution in [0.4, 0.5) is 4.79 Å². The predicted molar refractivity (Wildman–Crippen MR) is 85.7 cm³/mol. The molecule has 1 aliphatic heterocycles. The topological polar surface area (TPSA) is 53.6 Å². The Bertz CT molecular complexity index is 425. The maximum Gasteiger partial charge on any atom is 0.314 e. The summed E-state index contributed by atoms with van der Waals surface area (Å²) in [4.78, 5) is 15.5. The van der Waals surface area contributed by atoms with Crippen molar-refractivity contribution in [3.05, 3.63) is 22.4 Å². The van der Waals surface area contributed by atoms with E-state index in [-0.39, 0.29) is 6.03 Å². The van der Waals surface area contributed by atoms with Crippen LogP contribution in [0.25, 0.3) is 0 Å². The maximum absolute atomic E-state index is 11.7. The van der Waals surface area contributed by atoms with Crippen molar-refractivity contribution in [1.29, 1.82) is 0 Å². The molecule has 0 aliphatic carbocycles. The molecule has 0 saturated carbocycles. The quantitative estimate of drug-likeness (QED) is 0.791. The number of piperidine rings is 1. The van der Waals surface area contributed by atoms with Gasteiger partial charge in [0.2, 0.25) is 0 Å². The maximum atomic E-state index is 11.7. The molecule has 0 spiro atoms. The number of carbonyl (C=O) groups is 1. The van der Waals surface area contributed by atoms with Crippen molar-refractivity contribution in [2.24, 2.45) is 5.92 Å². The van der Waals surface area contributed by atoms with Gasteiger partial charge in [-0.3, -0.25) is 4.90 Å². The van der Waals surface area contributed by atoms with Crippen LogP contribution < -0.4 is 10.6 Å². The van der Waals surface area contributed by atoms with E-state index in [4.69, 9.17) is 4.74 Å². The Morgan fingerprint density at radius 3 is 3.10 bits per heavy atom. The summed E-state index contributed by atoms with van der Waals surface area (Å²) in [5.74, 6) is 0.468. The van der Waals surface area contributed by atoms with Gasteiger partial charge in [-0.1, -0.05) is 6.07 Å². The molecule has 118 valence electrons. The molecule has 2 heterocycles. The fraction of sp³-hybridized carbons (Fsp3) is 0.667. The average molecular weight is 311 g/mol. The number of carbonyl (C=O) groups excluding carboxylic acids is 1. The standard InChI is InChI=1S/C15H25N3O2S/c1-18-8-3-5-12(14(18)13-6-4-10-21-13)11-17-15(19)16-7-9-20-2/h4,6,10,12,14H,3,5,7-9,11H2,1-2H3,(H2,16,17,19). The molecule has 5 nitrogen and oxygen atoms in total. The van der Waals surface area contributed by atoms with E-state index < -0.39 is 0 Å². The van der Waals surface area contributed by atoms with Crippen LogP contribution in [-0.4, -0.2) is 51.3 Å². The summed E-state index contributed by atoms with van der Waals surface area (Å²) in [6.07, 6.45) is 2.35. The van der Waals surface area contributed by atoms with Crippen LogP contribution in [0.15, 0.2) is 17.5 Å². The molecule has 1 aromatic heterocycles. The second-order valence-corrected chi connectivity index (χ2v) is 6.45. The largest absolute Gasteiger partial charge is 0.383 e. The van der Waals surface area contributed by atoms with Gasteiger partial charge in [0.25, 0.3) is 0 Å². The third kappa shape index (κ3) is 4.69. The van der Waals surface area contributed by atoms with Crippen LogP contribution in [0.3, 0.4) is 0 Å². The van der Waals surface area contributed by atoms with E-state index in [1.165, 1.54) is 11.3 Å². The zero-order valence-corrected chi connectivity index (χ0v) is 13.6. The molecule has 2 amide bonds. The first-order chi connectivity index (χ1) is 10.2. The monoisotopic (exact) mass is 311 g/mol. The highest BCUT2D eigenvalue weighted by atomic mass is 32.1. The first-order valence-electron chi connectivity index (χ1n) is 7.46. The normalized spacial score (nSPS) is 23.0. The lowest BCUT2D eigenvalue weighted by molar-refractivity contribution is 0.123. The molecule has 1 aromatic rings. The second-order valence-electron chi connectivity index (χ2n) is 5.47. The summed E-state index contributed by atoms with van der Waals surface area (Å²) >= 11 is 1.80. The predicted octanol–water partition coefficient (Wildman–Crippen LogP) is 2.08. The van der Waals surface area contributed by atoms with E-state index in [1.54, 1.807) is 18.4 Å². The number of nitrogens with zero attached hydrogens (tertiary/aromatic N) is 1. The van der Waals surface area contributed by atoms with E-state index in [2.05, 4.69) is 40.1 Å². The SMILES string of the molecule is COCCNC(=O)NCC1CCCN(C)C1c1cccs1. The molecule has 2 unspecified atom stereocenters. The molecule has 6 heteroatoms. The molecule has 2 atom stereocenters. The Balaban J connectivity index is 1.86. The van der Waals surface area contributed by atoms with Gasteiger partial charge in [0.05, 0.1) is 6.61 Å². The summed E-state index contributed by atoms with van der Waals surface area (Å²) in [6.45, 7) is 2.92. The summed E-state index contributed by atoms with van der Waals surface area (Å²) in [7, 11) is 3.80. The summed E-state index contributed by atoms with van der Waals surface area (Å²) in [5.41, 5.74) is 0. The molecular weight excluding hydrogens is 286 g/mol. The number of nitrogens with one attached hydrogen (secondary N) is 2. The van der Waals surface area contributed by atoms with Crippen molar-refractivity contribution in [3.63, 3.8) is 0 Å². The van der Waals surface area contributed by atoms with E-state index in [0.29, 0.717) is 31.7 Å². The van der Waals surface area contributed by atoms with Crippen molar-refractivity contribution < 1.29 is 9.53 Å². The molecule has 2 N–H and O–H groups in total. The molecule has 0 aromatic carbocycles. The summed E-state index contributed by atoms with van der Waals surface area (Å²) < 4.78 is 4.92. The smallest absolute Gasteiger partial charge is 0.314 e. The van der Waals surface area contributed by atoms with Gasteiger partial charge in [-0.2, -0.15) is 0 Å². The first kappa shape index (κ1) is 16.3. The lowest BCUT2D eigenvalue weighted by atomic mass is 9.88. The van der Waals surface area contributed by atoms with Gasteiger partial charge in [0.15, 0.2) is 0 Å². The van der Waals surface area contributed by atoms with Crippen LogP contribution in [0.2, 0.25) is 0 Å². The van der Waals surface area contributed by atoms with Gasteiger partial charge in [0.1, 0.15) is 0 Å². The van der Waals surface area contributed by atoms with Crippen LogP contribution in [0, 0.1) is 5.92 Å². The lowest BCUT2D eigenvalue weighted by Gasteiger charge is -2.38. The van der Waals surface area contributed by atoms with Crippen LogP contribution in [0.5, 0.6) is 0 Å². The first-order valence-corrected chi connectivity index (χ1v) is 8.34. The highest BCUT2D eigenvalue weighted by Crippen LogP contribution is 2.36. The Labute approximate surface area is 130 Å². The molecule has 1 fully saturated rings. The molecule has 1 saturated heterocycles. The number of hydrogen-bond acceptors (Lipinski definition) is 4. The van der Waals surface area contributed by atoms with Crippen molar-refractivity contribution in [3.8, 4) is 0 Å². The highest BCUT2D eigenvalue weighted by Gasteiger charge is 2.31. The Morgan fingerprint density at radius 1 is 1.52 bits per heavy atom. The van der Waals surface area contributed by atoms with Gasteiger partial charge < -0.3 is 15.4 Å². The van der Waals surface area contributed by atoms with Crippen LogP contribution in [0.1, 0.15) is 23.8 Å². The Kier molecular flexibility index (Phi) is 6.48. The van der Waals surface area contributed by atoms with Crippen molar-refractivity contribution in [2.75, 3.05) is 40.4 Å². The van der Waals surface area contributed by atoms with E-state index in [0.717, 1.165) is 13.0 Å². The van der Waals surface area contributed by atoms with Crippen molar-refractivity contribution in [1.82, 2.24) is 15.5 Å². The number of hydrogen-bond donors (Lipinski definition) is 2. The molecular formula is C15H25N3O2S. The number of likely N-dealkylation sites (tertiary alicyclic amines) is 1. The fourth-order valence-electron chi connectivity index (χ4n) is 2.94. The Hall–Kier alpha value is -1.11. The van der Waals surface area contributed by atoms with E-state index in [9.17, 15) is 4.79 Å². The minimum absolute atomic E-state index is 0.106. The van der Waals surface area contributed by atoms with Gasteiger partial charge in [-0.15, -0.1) is 11.3 Å². The van der Waals surface area contributed by atoms with Gasteiger partial charge in [0, 0.05) is 31.1 Å². The van der Waals surface area contributed by atoms with Crippen molar-refractivity contribution >= 4 is 17.4 Å². The number of ether oxygens (including phenoxy) is 1. The third-order valence-corrected chi connectivity index (χ3v) is 4.90. The fourth-order valence-corrected chi connectivity index (χ4v) is 3.92. The summed E-state index contributed by atoms with van der Waals surface area (Å²) in [5, 5.41) is 7.92. The molecule has 21 heavy (non-hydrogen) atoms. The Morgan fingerprint density at radius 2 is 2.38 bits per heavy atom. The summed E-state index contributed by atoms with van der Waals surface area (Å²) in [6, 6.07) is 4.61. The average Bonchev–Trinajstić information content (AvgIpc) is 2.99. The number of rotatable bonds is 6.